The Hall–Kier alpha value is 0.651. The summed E-state index contributed by atoms with van der Waals surface area (Å²) >= 11 is 0. The highest BCUT2D eigenvalue weighted by Gasteiger charge is 2.37. The van der Waals surface area contributed by atoms with Gasteiger partial charge in [0.15, 0.2) is 0 Å². The molecule has 0 saturated carbocycles. The molecule has 0 unspecified atom stereocenters. The molecule has 0 nitrogen and oxygen atoms in total. The molecule has 3 heteroatoms. The molecule has 0 amide bonds. The van der Waals surface area contributed by atoms with Gasteiger partial charge in [0.2, 0.25) is 0 Å². The summed E-state index contributed by atoms with van der Waals surface area (Å²) in [4.78, 5) is 0. The Morgan fingerprint density at radius 1 is 0.667 bits per heavy atom. The van der Waals surface area contributed by atoms with Gasteiger partial charge in [-0.3, -0.25) is 0 Å². The van der Waals surface area contributed by atoms with Crippen LogP contribution in [0.3, 0.4) is 0 Å². The van der Waals surface area contributed by atoms with Gasteiger partial charge in [-0.2, -0.15) is 0 Å². The third kappa shape index (κ3) is 6.74. The van der Waals surface area contributed by atoms with E-state index in [1.54, 1.807) is 0 Å². The molecule has 0 aromatic heterocycles. The molecule has 15 heavy (non-hydrogen) atoms. The van der Waals surface area contributed by atoms with Gasteiger partial charge in [-0.1, -0.05) is 62.3 Å². The minimum absolute atomic E-state index is 0.268. The fourth-order valence-corrected chi connectivity index (χ4v) is 20.2. The van der Waals surface area contributed by atoms with Crippen molar-refractivity contribution in [1.29, 1.82) is 0 Å². The van der Waals surface area contributed by atoms with E-state index in [1.807, 2.05) is 0 Å². The third-order valence-corrected chi connectivity index (χ3v) is 17.4. The van der Waals surface area contributed by atoms with Crippen LogP contribution in [0.4, 0.5) is 0 Å². The smallest absolute Gasteiger partial charge is 0.0429 e. The van der Waals surface area contributed by atoms with E-state index in [2.05, 4.69) is 62.3 Å². The molecule has 0 aliphatic heterocycles. The molecule has 0 aromatic rings. The fraction of sp³-hybridized carbons (Fsp3) is 1.00. The van der Waals surface area contributed by atoms with Crippen LogP contribution in [0, 0.1) is 0 Å². The molecule has 0 aliphatic carbocycles. The first-order chi connectivity index (χ1) is 6.34. The van der Waals surface area contributed by atoms with Gasteiger partial charge < -0.3 is 0 Å². The summed E-state index contributed by atoms with van der Waals surface area (Å²) in [5.74, 6) is 0. The topological polar surface area (TPSA) is 0 Å². The molecule has 0 fully saturated rings. The average Bonchev–Trinajstić information content (AvgIpc) is 1.75. The molecule has 0 aliphatic rings. The molecule has 0 atom stereocenters. The van der Waals surface area contributed by atoms with Gasteiger partial charge in [0.25, 0.3) is 0 Å². The monoisotopic (exact) mass is 255 g/mol. The highest BCUT2D eigenvalue weighted by atomic mass is 29.5. The van der Waals surface area contributed by atoms with Crippen LogP contribution in [-0.2, 0) is 0 Å². The summed E-state index contributed by atoms with van der Waals surface area (Å²) in [6.45, 7) is 21.8. The molecule has 0 bridgehead atoms. The number of rotatable bonds is 2. The summed E-state index contributed by atoms with van der Waals surface area (Å²) in [7, 11) is 2.08. The van der Waals surface area contributed by atoms with Crippen molar-refractivity contribution >= 4 is 25.9 Å². The molecule has 0 saturated heterocycles. The quantitative estimate of drug-likeness (QED) is 0.651. The Labute approximate surface area is 103 Å². The Balaban J connectivity index is 4.56. The van der Waals surface area contributed by atoms with E-state index in [0.717, 1.165) is 9.04 Å². The van der Waals surface area contributed by atoms with Crippen LogP contribution < -0.4 is 0 Å². The first kappa shape index (κ1) is 15.7. The van der Waals surface area contributed by atoms with E-state index in [0.29, 0.717) is 15.1 Å². The minimum Gasteiger partial charge on any atom is -0.0633 e. The molecular weight excluding hydrogens is 228 g/mol. The van der Waals surface area contributed by atoms with Crippen molar-refractivity contribution < 1.29 is 0 Å². The van der Waals surface area contributed by atoms with E-state index >= 15 is 0 Å². The lowest BCUT2D eigenvalue weighted by Crippen LogP contribution is -2.45. The van der Waals surface area contributed by atoms with Gasteiger partial charge >= 0.3 is 0 Å². The van der Waals surface area contributed by atoms with E-state index in [1.165, 1.54) is 8.55 Å². The number of hydrogen-bond acceptors (Lipinski definition) is 0. The number of hydrogen-bond donors (Lipinski definition) is 0. The van der Waals surface area contributed by atoms with Crippen LogP contribution in [0.2, 0.25) is 15.1 Å². The van der Waals surface area contributed by atoms with E-state index in [9.17, 15) is 0 Å². The Kier molecular flexibility index (Phi) is 5.09. The predicted octanol–water partition coefficient (Wildman–Crippen LogP) is 4.12. The molecule has 0 aromatic carbocycles. The SMILES string of the molecule is CC(C)(C)[Si][Si][Si](C(C)(C)C)C(C)(C)C. The van der Waals surface area contributed by atoms with Crippen LogP contribution in [0.15, 0.2) is 0 Å². The summed E-state index contributed by atoms with van der Waals surface area (Å²) < 4.78 is 0. The molecule has 0 spiro atoms. The molecule has 0 N–H and O–H groups in total. The predicted molar refractivity (Wildman–Crippen MR) is 76.4 cm³/mol. The normalized spacial score (nSPS) is 14.8. The second-order valence-corrected chi connectivity index (χ2v) is 18.4. The molecule has 0 heterocycles. The lowest BCUT2D eigenvalue weighted by Gasteiger charge is -2.40. The second-order valence-electron chi connectivity index (χ2n) is 7.38. The summed E-state index contributed by atoms with van der Waals surface area (Å²) in [5, 5.41) is 1.62. The van der Waals surface area contributed by atoms with Gasteiger partial charge in [0.05, 0.1) is 0 Å². The molecular formula is C12H27Si3. The lowest BCUT2D eigenvalue weighted by atomic mass is 10.2. The standard InChI is InChI=1S/C12H27Si3/c1-10(2,3)13-14-15(11(4,5)6)12(7,8)9/h1-9H3. The van der Waals surface area contributed by atoms with Crippen molar-refractivity contribution in [1.82, 2.24) is 0 Å². The van der Waals surface area contributed by atoms with Crippen LogP contribution >= 0.6 is 0 Å². The van der Waals surface area contributed by atoms with Crippen molar-refractivity contribution in [2.45, 2.75) is 77.4 Å². The van der Waals surface area contributed by atoms with E-state index in [4.69, 9.17) is 0 Å². The second kappa shape index (κ2) is 4.88. The Morgan fingerprint density at radius 3 is 1.20 bits per heavy atom. The zero-order valence-electron chi connectivity index (χ0n) is 12.0. The molecule has 0 rings (SSSR count). The van der Waals surface area contributed by atoms with Gasteiger partial charge in [-0.25, -0.2) is 0 Å². The van der Waals surface area contributed by atoms with Crippen molar-refractivity contribution in [3.63, 3.8) is 0 Å². The van der Waals surface area contributed by atoms with Gasteiger partial charge in [0, 0.05) is 25.9 Å². The molecule has 87 valence electrons. The van der Waals surface area contributed by atoms with Crippen LogP contribution in [-0.4, -0.2) is 25.9 Å². The fourth-order valence-electron chi connectivity index (χ4n) is 1.75. The van der Waals surface area contributed by atoms with Crippen molar-refractivity contribution in [3.8, 4) is 0 Å². The van der Waals surface area contributed by atoms with Gasteiger partial charge in [0.1, 0.15) is 0 Å². The summed E-state index contributed by atoms with van der Waals surface area (Å²) in [6.07, 6.45) is 0. The highest BCUT2D eigenvalue weighted by Crippen LogP contribution is 2.41. The van der Waals surface area contributed by atoms with Crippen LogP contribution in [0.5, 0.6) is 0 Å². The van der Waals surface area contributed by atoms with Crippen molar-refractivity contribution in [2.24, 2.45) is 0 Å². The summed E-state index contributed by atoms with van der Waals surface area (Å²) in [6, 6.07) is 0. The lowest BCUT2D eigenvalue weighted by molar-refractivity contribution is 0.660. The van der Waals surface area contributed by atoms with Gasteiger partial charge in [-0.05, 0) is 15.1 Å². The minimum atomic E-state index is -0.268. The van der Waals surface area contributed by atoms with Crippen LogP contribution in [0.1, 0.15) is 62.3 Å². The highest BCUT2D eigenvalue weighted by molar-refractivity contribution is 7.37. The summed E-state index contributed by atoms with van der Waals surface area (Å²) in [5.41, 5.74) is 0. The molecule has 5 radical (unpaired) electrons. The third-order valence-electron chi connectivity index (χ3n) is 2.06. The van der Waals surface area contributed by atoms with Crippen LogP contribution in [0.25, 0.3) is 0 Å². The van der Waals surface area contributed by atoms with Gasteiger partial charge in [-0.15, -0.1) is 0 Å². The first-order valence-electron chi connectivity index (χ1n) is 5.75. The zero-order valence-corrected chi connectivity index (χ0v) is 15.0. The maximum Gasteiger partial charge on any atom is 0.0429 e. The maximum atomic E-state index is 2.44. The largest absolute Gasteiger partial charge is 0.0633 e. The Morgan fingerprint density at radius 2 is 1.00 bits per heavy atom. The zero-order chi connectivity index (χ0) is 12.5. The average molecular weight is 256 g/mol. The van der Waals surface area contributed by atoms with Crippen molar-refractivity contribution in [2.75, 3.05) is 0 Å². The van der Waals surface area contributed by atoms with E-state index < -0.39 is 0 Å². The maximum absolute atomic E-state index is 2.44. The van der Waals surface area contributed by atoms with Crippen molar-refractivity contribution in [3.05, 3.63) is 0 Å². The first-order valence-corrected chi connectivity index (χ1v) is 11.2. The van der Waals surface area contributed by atoms with E-state index in [-0.39, 0.29) is 8.31 Å². The Bertz CT molecular complexity index is 176.